The van der Waals surface area contributed by atoms with Crippen molar-refractivity contribution in [2.24, 2.45) is 0 Å². The summed E-state index contributed by atoms with van der Waals surface area (Å²) in [6, 6.07) is 21.7. The van der Waals surface area contributed by atoms with Crippen LogP contribution in [0.5, 0.6) is 5.75 Å². The number of carbonyl (C=O) groups excluding carboxylic acids is 1. The van der Waals surface area contributed by atoms with Crippen LogP contribution in [0.25, 0.3) is 10.8 Å². The van der Waals surface area contributed by atoms with E-state index in [-0.39, 0.29) is 5.91 Å². The van der Waals surface area contributed by atoms with Crippen LogP contribution in [0, 0.1) is 0 Å². The van der Waals surface area contributed by atoms with E-state index >= 15 is 0 Å². The average Bonchev–Trinajstić information content (AvgIpc) is 2.61. The van der Waals surface area contributed by atoms with Gasteiger partial charge in [0.05, 0.1) is 0 Å². The van der Waals surface area contributed by atoms with Gasteiger partial charge < -0.3 is 10.1 Å². The molecule has 1 amide bonds. The summed E-state index contributed by atoms with van der Waals surface area (Å²) in [5.41, 5.74) is 0.779. The minimum atomic E-state index is -0.580. The summed E-state index contributed by atoms with van der Waals surface area (Å²) in [5.74, 6) is 0.524. The van der Waals surface area contributed by atoms with Crippen LogP contribution in [0.2, 0.25) is 0 Å². The second-order valence-electron chi connectivity index (χ2n) is 5.49. The molecule has 3 aromatic rings. The fourth-order valence-electron chi connectivity index (χ4n) is 2.44. The summed E-state index contributed by atoms with van der Waals surface area (Å²) >= 11 is 1.64. The van der Waals surface area contributed by atoms with Crippen molar-refractivity contribution in [3.63, 3.8) is 0 Å². The first-order valence-electron chi connectivity index (χ1n) is 7.76. The molecule has 1 atom stereocenters. The van der Waals surface area contributed by atoms with Gasteiger partial charge in [-0.05, 0) is 54.3 Å². The molecule has 24 heavy (non-hydrogen) atoms. The first kappa shape index (κ1) is 16.4. The van der Waals surface area contributed by atoms with Crippen molar-refractivity contribution in [1.82, 2.24) is 0 Å². The molecule has 0 aromatic heterocycles. The van der Waals surface area contributed by atoms with Crippen LogP contribution in [-0.2, 0) is 4.79 Å². The second-order valence-corrected chi connectivity index (χ2v) is 6.37. The quantitative estimate of drug-likeness (QED) is 0.668. The third kappa shape index (κ3) is 3.89. The van der Waals surface area contributed by atoms with Crippen LogP contribution in [0.3, 0.4) is 0 Å². The number of carbonyl (C=O) groups is 1. The number of hydrogen-bond donors (Lipinski definition) is 1. The van der Waals surface area contributed by atoms with Gasteiger partial charge in [-0.2, -0.15) is 0 Å². The summed E-state index contributed by atoms with van der Waals surface area (Å²) in [4.78, 5) is 13.4. The zero-order valence-corrected chi connectivity index (χ0v) is 14.5. The Labute approximate surface area is 146 Å². The summed E-state index contributed by atoms with van der Waals surface area (Å²) < 4.78 is 5.80. The fraction of sp³-hybridized carbons (Fsp3) is 0.150. The summed E-state index contributed by atoms with van der Waals surface area (Å²) in [5, 5.41) is 5.14. The third-order valence-electron chi connectivity index (χ3n) is 3.74. The molecule has 0 aliphatic rings. The van der Waals surface area contributed by atoms with Crippen LogP contribution in [-0.4, -0.2) is 18.3 Å². The monoisotopic (exact) mass is 337 g/mol. The summed E-state index contributed by atoms with van der Waals surface area (Å²) in [7, 11) is 0. The lowest BCUT2D eigenvalue weighted by molar-refractivity contribution is -0.122. The molecule has 0 saturated carbocycles. The highest BCUT2D eigenvalue weighted by Crippen LogP contribution is 2.22. The van der Waals surface area contributed by atoms with Crippen molar-refractivity contribution >= 4 is 34.1 Å². The second kappa shape index (κ2) is 7.41. The number of fused-ring (bicyclic) bond motifs is 1. The topological polar surface area (TPSA) is 38.3 Å². The van der Waals surface area contributed by atoms with Crippen LogP contribution in [0.15, 0.2) is 71.6 Å². The molecular formula is C20H19NO2S. The molecule has 3 aromatic carbocycles. The van der Waals surface area contributed by atoms with Gasteiger partial charge in [0.1, 0.15) is 5.75 Å². The largest absolute Gasteiger partial charge is 0.481 e. The van der Waals surface area contributed by atoms with Crippen molar-refractivity contribution in [2.45, 2.75) is 17.9 Å². The summed E-state index contributed by atoms with van der Waals surface area (Å²) in [6.07, 6.45) is 1.43. The predicted molar refractivity (Wildman–Crippen MR) is 101 cm³/mol. The molecule has 0 heterocycles. The molecule has 122 valence electrons. The lowest BCUT2D eigenvalue weighted by Gasteiger charge is -2.15. The zero-order chi connectivity index (χ0) is 16.9. The molecule has 3 rings (SSSR count). The molecule has 4 heteroatoms. The Morgan fingerprint density at radius 2 is 1.79 bits per heavy atom. The highest BCUT2D eigenvalue weighted by molar-refractivity contribution is 7.98. The molecule has 0 radical (unpaired) electrons. The molecule has 0 aliphatic carbocycles. The normalized spacial score (nSPS) is 11.9. The van der Waals surface area contributed by atoms with Gasteiger partial charge >= 0.3 is 0 Å². The van der Waals surface area contributed by atoms with E-state index in [0.717, 1.165) is 21.4 Å². The van der Waals surface area contributed by atoms with Crippen molar-refractivity contribution in [3.05, 3.63) is 66.7 Å². The van der Waals surface area contributed by atoms with Gasteiger partial charge in [-0.25, -0.2) is 0 Å². The Hall–Kier alpha value is -2.46. The Balaban J connectivity index is 1.68. The number of amides is 1. The Bertz CT molecular complexity index is 863. The number of rotatable bonds is 5. The molecule has 0 saturated heterocycles. The number of ether oxygens (including phenoxy) is 1. The minimum absolute atomic E-state index is 0.165. The van der Waals surface area contributed by atoms with Crippen molar-refractivity contribution in [2.75, 3.05) is 11.6 Å². The molecule has 0 aliphatic heterocycles. The highest BCUT2D eigenvalue weighted by Gasteiger charge is 2.15. The van der Waals surface area contributed by atoms with Crippen LogP contribution in [0.4, 0.5) is 5.69 Å². The lowest BCUT2D eigenvalue weighted by atomic mass is 10.1. The average molecular weight is 337 g/mol. The number of hydrogen-bond acceptors (Lipinski definition) is 3. The first-order valence-corrected chi connectivity index (χ1v) is 8.98. The van der Waals surface area contributed by atoms with E-state index in [9.17, 15) is 4.79 Å². The molecule has 0 spiro atoms. The molecular weight excluding hydrogens is 318 g/mol. The molecule has 3 nitrogen and oxygen atoms in total. The van der Waals surface area contributed by atoms with Crippen LogP contribution < -0.4 is 10.1 Å². The van der Waals surface area contributed by atoms with E-state index < -0.39 is 6.10 Å². The van der Waals surface area contributed by atoms with E-state index in [1.807, 2.05) is 73.0 Å². The smallest absolute Gasteiger partial charge is 0.265 e. The standard InChI is InChI=1S/C20H19NO2S/c1-14(20(22)21-17-8-5-9-19(13-17)24-2)23-18-11-10-15-6-3-4-7-16(15)12-18/h3-14H,1-2H3,(H,21,22)/t14-/m1/s1. The number of thioether (sulfide) groups is 1. The van der Waals surface area contributed by atoms with Crippen molar-refractivity contribution in [1.29, 1.82) is 0 Å². The third-order valence-corrected chi connectivity index (χ3v) is 4.47. The van der Waals surface area contributed by atoms with Gasteiger partial charge in [0.2, 0.25) is 0 Å². The molecule has 0 unspecified atom stereocenters. The molecule has 0 bridgehead atoms. The van der Waals surface area contributed by atoms with Gasteiger partial charge in [-0.15, -0.1) is 11.8 Å². The van der Waals surface area contributed by atoms with E-state index in [4.69, 9.17) is 4.74 Å². The van der Waals surface area contributed by atoms with Gasteiger partial charge in [-0.1, -0.05) is 36.4 Å². The van der Waals surface area contributed by atoms with Gasteiger partial charge in [0, 0.05) is 10.6 Å². The maximum absolute atomic E-state index is 12.3. The van der Waals surface area contributed by atoms with Gasteiger partial charge in [0.25, 0.3) is 5.91 Å². The van der Waals surface area contributed by atoms with E-state index in [0.29, 0.717) is 5.75 Å². The van der Waals surface area contributed by atoms with E-state index in [1.54, 1.807) is 18.7 Å². The Morgan fingerprint density at radius 3 is 2.58 bits per heavy atom. The molecule has 0 fully saturated rings. The highest BCUT2D eigenvalue weighted by atomic mass is 32.2. The van der Waals surface area contributed by atoms with Crippen LogP contribution in [0.1, 0.15) is 6.92 Å². The maximum Gasteiger partial charge on any atom is 0.265 e. The lowest BCUT2D eigenvalue weighted by Crippen LogP contribution is -2.30. The van der Waals surface area contributed by atoms with E-state index in [2.05, 4.69) is 5.32 Å². The zero-order valence-electron chi connectivity index (χ0n) is 13.7. The maximum atomic E-state index is 12.3. The predicted octanol–water partition coefficient (Wildman–Crippen LogP) is 4.97. The number of nitrogens with one attached hydrogen (secondary N) is 1. The number of anilines is 1. The van der Waals surface area contributed by atoms with Crippen LogP contribution >= 0.6 is 11.8 Å². The van der Waals surface area contributed by atoms with Gasteiger partial charge in [-0.3, -0.25) is 4.79 Å². The molecule has 1 N–H and O–H groups in total. The fourth-order valence-corrected chi connectivity index (χ4v) is 2.90. The van der Waals surface area contributed by atoms with E-state index in [1.165, 1.54) is 0 Å². The van der Waals surface area contributed by atoms with Crippen molar-refractivity contribution in [3.8, 4) is 5.75 Å². The Morgan fingerprint density at radius 1 is 1.00 bits per heavy atom. The van der Waals surface area contributed by atoms with Crippen molar-refractivity contribution < 1.29 is 9.53 Å². The number of benzene rings is 3. The SMILES string of the molecule is CSc1cccc(NC(=O)[C@@H](C)Oc2ccc3ccccc3c2)c1. The minimum Gasteiger partial charge on any atom is -0.481 e. The Kier molecular flexibility index (Phi) is 5.06. The summed E-state index contributed by atoms with van der Waals surface area (Å²) in [6.45, 7) is 1.75. The first-order chi connectivity index (χ1) is 11.7. The van der Waals surface area contributed by atoms with Gasteiger partial charge in [0.15, 0.2) is 6.10 Å².